The van der Waals surface area contributed by atoms with E-state index in [1.54, 1.807) is 0 Å². The fourth-order valence-electron chi connectivity index (χ4n) is 2.63. The Hall–Kier alpha value is -0.240. The Morgan fingerprint density at radius 1 is 1.50 bits per heavy atom. The van der Waals surface area contributed by atoms with Gasteiger partial charge >= 0.3 is 0 Å². The molecule has 2 rings (SSSR count). The average molecular weight is 210 g/mol. The van der Waals surface area contributed by atoms with Crippen LogP contribution in [0.4, 0.5) is 0 Å². The smallest absolute Gasteiger partial charge is 0.138 e. The summed E-state index contributed by atoms with van der Waals surface area (Å²) in [5, 5.41) is 0.483. The lowest BCUT2D eigenvalue weighted by Gasteiger charge is -2.56. The minimum atomic E-state index is 0.128. The first kappa shape index (κ1) is 10.3. The maximum Gasteiger partial charge on any atom is 0.138 e. The lowest BCUT2D eigenvalue weighted by Crippen LogP contribution is -2.56. The maximum atomic E-state index is 11.8. The lowest BCUT2D eigenvalue weighted by atomic mass is 9.60. The quantitative estimate of drug-likeness (QED) is 0.619. The van der Waals surface area contributed by atoms with Crippen LogP contribution in [0.2, 0.25) is 0 Å². The van der Waals surface area contributed by atoms with E-state index in [1.807, 2.05) is 17.8 Å². The molecule has 1 nitrogen and oxygen atoms in total. The predicted octanol–water partition coefficient (Wildman–Crippen LogP) is 3.05. The molecule has 2 heteroatoms. The highest BCUT2D eigenvalue weighted by Gasteiger charge is 2.56. The number of carbonyl (C=O) groups excluding carboxylic acids is 1. The van der Waals surface area contributed by atoms with Crippen LogP contribution in [-0.4, -0.2) is 15.8 Å². The molecule has 0 aromatic heterocycles. The Morgan fingerprint density at radius 2 is 2.14 bits per heavy atom. The Labute approximate surface area is 90.3 Å². The van der Waals surface area contributed by atoms with Crippen LogP contribution in [0.15, 0.2) is 12.7 Å². The second-order valence-electron chi connectivity index (χ2n) is 5.46. The average Bonchev–Trinajstić information content (AvgIpc) is 2.07. The highest BCUT2D eigenvalue weighted by Crippen LogP contribution is 2.60. The monoisotopic (exact) mass is 210 g/mol. The van der Waals surface area contributed by atoms with Crippen molar-refractivity contribution in [2.45, 2.75) is 43.6 Å². The maximum absolute atomic E-state index is 11.8. The number of ketones is 1. The molecule has 1 aliphatic carbocycles. The van der Waals surface area contributed by atoms with Crippen molar-refractivity contribution in [3.05, 3.63) is 12.7 Å². The van der Waals surface area contributed by atoms with Gasteiger partial charge in [-0.05, 0) is 11.8 Å². The van der Waals surface area contributed by atoms with Gasteiger partial charge in [-0.25, -0.2) is 0 Å². The van der Waals surface area contributed by atoms with Crippen molar-refractivity contribution in [3.63, 3.8) is 0 Å². The minimum Gasteiger partial charge on any atom is -0.299 e. The summed E-state index contributed by atoms with van der Waals surface area (Å²) in [7, 11) is 0. The molecule has 3 atom stereocenters. The minimum absolute atomic E-state index is 0.128. The summed E-state index contributed by atoms with van der Waals surface area (Å²) in [5.41, 5.74) is 0.197. The molecule has 0 spiro atoms. The van der Waals surface area contributed by atoms with E-state index in [9.17, 15) is 4.79 Å². The van der Waals surface area contributed by atoms with Gasteiger partial charge in [0.1, 0.15) is 5.78 Å². The van der Waals surface area contributed by atoms with E-state index in [2.05, 4.69) is 27.4 Å². The van der Waals surface area contributed by atoms with Gasteiger partial charge in [0.05, 0.1) is 0 Å². The van der Waals surface area contributed by atoms with Crippen molar-refractivity contribution < 1.29 is 4.79 Å². The Kier molecular flexibility index (Phi) is 2.11. The lowest BCUT2D eigenvalue weighted by molar-refractivity contribution is -0.129. The van der Waals surface area contributed by atoms with Gasteiger partial charge in [0.15, 0.2) is 0 Å². The third-order valence-electron chi connectivity index (χ3n) is 3.60. The molecule has 1 aliphatic heterocycles. The fourth-order valence-corrected chi connectivity index (χ4v) is 4.42. The third-order valence-corrected chi connectivity index (χ3v) is 5.50. The topological polar surface area (TPSA) is 17.1 Å². The summed E-state index contributed by atoms with van der Waals surface area (Å²) in [6.45, 7) is 10.5. The van der Waals surface area contributed by atoms with Gasteiger partial charge in [-0.1, -0.05) is 26.8 Å². The second-order valence-corrected chi connectivity index (χ2v) is 7.31. The van der Waals surface area contributed by atoms with Crippen molar-refractivity contribution in [2.75, 3.05) is 0 Å². The number of thioether (sulfide) groups is 1. The van der Waals surface area contributed by atoms with Crippen LogP contribution in [0, 0.1) is 11.3 Å². The summed E-state index contributed by atoms with van der Waals surface area (Å²) >= 11 is 1.98. The molecule has 0 N–H and O–H groups in total. The summed E-state index contributed by atoms with van der Waals surface area (Å²) in [5.74, 6) is 0.786. The molecule has 0 aromatic carbocycles. The summed E-state index contributed by atoms with van der Waals surface area (Å²) in [6, 6.07) is 0. The van der Waals surface area contributed by atoms with E-state index in [-0.39, 0.29) is 10.2 Å². The largest absolute Gasteiger partial charge is 0.299 e. The molecule has 1 heterocycles. The summed E-state index contributed by atoms with van der Waals surface area (Å²) in [6.07, 6.45) is 3.80. The number of rotatable bonds is 1. The van der Waals surface area contributed by atoms with Crippen molar-refractivity contribution in [2.24, 2.45) is 11.3 Å². The predicted molar refractivity (Wildman–Crippen MR) is 61.5 cm³/mol. The molecular formula is C12H18OS. The standard InChI is InChI=1S/C12H18OS/c1-5-12(4)6-8-9(13)7-11(2,3)14-10(8)12/h5,8,10H,1,6-7H2,2-4H3/t8-,10+,12+/m0/s1. The summed E-state index contributed by atoms with van der Waals surface area (Å²) in [4.78, 5) is 11.8. The van der Waals surface area contributed by atoms with E-state index in [0.717, 1.165) is 12.8 Å². The van der Waals surface area contributed by atoms with Crippen molar-refractivity contribution in [1.29, 1.82) is 0 Å². The zero-order valence-electron chi connectivity index (χ0n) is 9.17. The van der Waals surface area contributed by atoms with Gasteiger partial charge in [0.25, 0.3) is 0 Å². The molecule has 0 unspecified atom stereocenters. The highest BCUT2D eigenvalue weighted by atomic mass is 32.2. The first-order chi connectivity index (χ1) is 6.38. The van der Waals surface area contributed by atoms with Crippen LogP contribution in [0.3, 0.4) is 0 Å². The molecule has 14 heavy (non-hydrogen) atoms. The first-order valence-electron chi connectivity index (χ1n) is 5.22. The molecule has 0 aromatic rings. The molecule has 0 bridgehead atoms. The van der Waals surface area contributed by atoms with Crippen LogP contribution < -0.4 is 0 Å². The van der Waals surface area contributed by atoms with Gasteiger partial charge in [-0.2, -0.15) is 11.8 Å². The van der Waals surface area contributed by atoms with E-state index in [1.165, 1.54) is 0 Å². The van der Waals surface area contributed by atoms with Gasteiger partial charge < -0.3 is 0 Å². The summed E-state index contributed by atoms with van der Waals surface area (Å²) < 4.78 is 0.128. The number of hydrogen-bond donors (Lipinski definition) is 0. The van der Waals surface area contributed by atoms with Gasteiger partial charge in [0.2, 0.25) is 0 Å². The van der Waals surface area contributed by atoms with E-state index >= 15 is 0 Å². The molecule has 2 aliphatic rings. The molecule has 1 saturated heterocycles. The first-order valence-corrected chi connectivity index (χ1v) is 6.10. The number of allylic oxidation sites excluding steroid dienone is 1. The molecule has 0 radical (unpaired) electrons. The zero-order chi connectivity index (χ0) is 10.6. The molecule has 78 valence electrons. The van der Waals surface area contributed by atoms with Crippen molar-refractivity contribution in [1.82, 2.24) is 0 Å². The number of carbonyl (C=O) groups is 1. The number of hydrogen-bond acceptors (Lipinski definition) is 2. The van der Waals surface area contributed by atoms with E-state index in [4.69, 9.17) is 0 Å². The van der Waals surface area contributed by atoms with Gasteiger partial charge in [-0.3, -0.25) is 4.79 Å². The van der Waals surface area contributed by atoms with Crippen LogP contribution in [0.25, 0.3) is 0 Å². The molecular weight excluding hydrogens is 192 g/mol. The number of Topliss-reactive ketones (excluding diaryl/α,β-unsaturated/α-hetero) is 1. The molecule has 2 fully saturated rings. The van der Waals surface area contributed by atoms with E-state index < -0.39 is 0 Å². The van der Waals surface area contributed by atoms with Crippen molar-refractivity contribution >= 4 is 17.5 Å². The van der Waals surface area contributed by atoms with Crippen LogP contribution in [-0.2, 0) is 4.79 Å². The van der Waals surface area contributed by atoms with Crippen LogP contribution in [0.1, 0.15) is 33.6 Å². The Bertz CT molecular complexity index is 295. The fraction of sp³-hybridized carbons (Fsp3) is 0.750. The highest BCUT2D eigenvalue weighted by molar-refractivity contribution is 8.01. The number of fused-ring (bicyclic) bond motifs is 1. The normalized spacial score (nSPS) is 45.2. The molecule has 0 amide bonds. The SMILES string of the molecule is C=C[C@]1(C)C[C@H]2C(=O)CC(C)(C)S[C@H]21. The van der Waals surface area contributed by atoms with Crippen LogP contribution in [0.5, 0.6) is 0 Å². The van der Waals surface area contributed by atoms with Crippen LogP contribution >= 0.6 is 11.8 Å². The van der Waals surface area contributed by atoms with Crippen molar-refractivity contribution in [3.8, 4) is 0 Å². The van der Waals surface area contributed by atoms with Gasteiger partial charge in [-0.15, -0.1) is 6.58 Å². The van der Waals surface area contributed by atoms with E-state index in [0.29, 0.717) is 17.0 Å². The van der Waals surface area contributed by atoms with Gasteiger partial charge in [0, 0.05) is 22.3 Å². The zero-order valence-corrected chi connectivity index (χ0v) is 9.99. The molecule has 1 saturated carbocycles. The Morgan fingerprint density at radius 3 is 2.71 bits per heavy atom. The third kappa shape index (κ3) is 1.35. The Balaban J connectivity index is 2.21. The second kappa shape index (κ2) is 2.88.